The molecule has 0 aromatic rings. The molecule has 27 heavy (non-hydrogen) atoms. The molecule has 0 atom stereocenters. The van der Waals surface area contributed by atoms with Crippen LogP contribution in [0.4, 0.5) is 4.39 Å². The van der Waals surface area contributed by atoms with Gasteiger partial charge in [0, 0.05) is 12.6 Å². The highest BCUT2D eigenvalue weighted by atomic mass is 19.1. The van der Waals surface area contributed by atoms with Crippen molar-refractivity contribution in [2.75, 3.05) is 32.7 Å². The Morgan fingerprint density at radius 1 is 0.889 bits per heavy atom. The topological polar surface area (TPSA) is 6.48 Å². The Morgan fingerprint density at radius 3 is 1.96 bits per heavy atom. The first-order chi connectivity index (χ1) is 12.7. The predicted octanol–water partition coefficient (Wildman–Crippen LogP) is 5.52. The quantitative estimate of drug-likeness (QED) is 0.600. The van der Waals surface area contributed by atoms with Crippen molar-refractivity contribution in [3.8, 4) is 0 Å². The maximum absolute atomic E-state index is 15.6. The molecule has 156 valence electrons. The molecule has 0 radical (unpaired) electrons. The van der Waals surface area contributed by atoms with Gasteiger partial charge in [0.25, 0.3) is 0 Å². The van der Waals surface area contributed by atoms with Gasteiger partial charge in [0.05, 0.1) is 0 Å². The SMILES string of the molecule is CC(C)CC1(CN2CCC3(CC2)CC(F)(C2CCN(C(C)C)CC2)C3)CC1. The van der Waals surface area contributed by atoms with Crippen LogP contribution in [0.15, 0.2) is 0 Å². The van der Waals surface area contributed by atoms with Crippen molar-refractivity contribution in [2.45, 2.75) is 97.2 Å². The van der Waals surface area contributed by atoms with Crippen LogP contribution in [0, 0.1) is 22.7 Å². The van der Waals surface area contributed by atoms with E-state index in [0.29, 0.717) is 22.8 Å². The summed E-state index contributed by atoms with van der Waals surface area (Å²) >= 11 is 0. The molecule has 0 aromatic heterocycles. The standard InChI is InChI=1S/C24H43FN2/c1-19(2)15-22(7-8-22)18-26-13-9-23(10-14-26)16-24(25,17-23)21-5-11-27(12-6-21)20(3)4/h19-21H,5-18H2,1-4H3. The van der Waals surface area contributed by atoms with E-state index in [9.17, 15) is 0 Å². The van der Waals surface area contributed by atoms with Crippen LogP contribution in [0.2, 0.25) is 0 Å². The lowest BCUT2D eigenvalue weighted by Crippen LogP contribution is -2.59. The second kappa shape index (κ2) is 7.27. The average molecular weight is 379 g/mol. The van der Waals surface area contributed by atoms with Crippen LogP contribution in [0.1, 0.15) is 85.5 Å². The highest BCUT2D eigenvalue weighted by Gasteiger charge is 2.59. The van der Waals surface area contributed by atoms with Gasteiger partial charge in [-0.25, -0.2) is 4.39 Å². The van der Waals surface area contributed by atoms with Gasteiger partial charge in [-0.1, -0.05) is 13.8 Å². The molecule has 0 amide bonds. The van der Waals surface area contributed by atoms with Crippen molar-refractivity contribution in [3.63, 3.8) is 0 Å². The average Bonchev–Trinajstić information content (AvgIpc) is 3.34. The van der Waals surface area contributed by atoms with Crippen LogP contribution < -0.4 is 0 Å². The fraction of sp³-hybridized carbons (Fsp3) is 1.00. The summed E-state index contributed by atoms with van der Waals surface area (Å²) in [6, 6.07) is 0.615. The second-order valence-electron chi connectivity index (χ2n) is 11.7. The third-order valence-corrected chi connectivity index (χ3v) is 8.60. The lowest BCUT2D eigenvalue weighted by Gasteiger charge is -2.59. The Kier molecular flexibility index (Phi) is 5.42. The van der Waals surface area contributed by atoms with Gasteiger partial charge in [0.2, 0.25) is 0 Å². The van der Waals surface area contributed by atoms with E-state index in [-0.39, 0.29) is 0 Å². The van der Waals surface area contributed by atoms with Crippen molar-refractivity contribution in [3.05, 3.63) is 0 Å². The zero-order valence-corrected chi connectivity index (χ0v) is 18.4. The largest absolute Gasteiger partial charge is 0.303 e. The summed E-state index contributed by atoms with van der Waals surface area (Å²) in [5.74, 6) is 1.15. The number of nitrogens with zero attached hydrogens (tertiary/aromatic N) is 2. The van der Waals surface area contributed by atoms with Crippen molar-refractivity contribution in [2.24, 2.45) is 22.7 Å². The number of hydrogen-bond donors (Lipinski definition) is 0. The Balaban J connectivity index is 1.23. The van der Waals surface area contributed by atoms with Crippen LogP contribution in [0.3, 0.4) is 0 Å². The first-order valence-corrected chi connectivity index (χ1v) is 11.9. The molecule has 2 aliphatic heterocycles. The maximum Gasteiger partial charge on any atom is 0.115 e. The third-order valence-electron chi connectivity index (χ3n) is 8.60. The van der Waals surface area contributed by atoms with E-state index in [1.807, 2.05) is 0 Å². The molecule has 2 aliphatic carbocycles. The zero-order chi connectivity index (χ0) is 19.3. The highest BCUT2D eigenvalue weighted by molar-refractivity contribution is 5.10. The van der Waals surface area contributed by atoms with Crippen LogP contribution in [-0.2, 0) is 0 Å². The van der Waals surface area contributed by atoms with Crippen LogP contribution >= 0.6 is 0 Å². The van der Waals surface area contributed by atoms with E-state index in [1.54, 1.807) is 0 Å². The van der Waals surface area contributed by atoms with Gasteiger partial charge < -0.3 is 9.80 Å². The van der Waals surface area contributed by atoms with E-state index in [2.05, 4.69) is 37.5 Å². The van der Waals surface area contributed by atoms with Crippen molar-refractivity contribution in [1.82, 2.24) is 9.80 Å². The molecule has 2 saturated heterocycles. The minimum atomic E-state index is -0.833. The maximum atomic E-state index is 15.6. The summed E-state index contributed by atoms with van der Waals surface area (Å²) in [7, 11) is 0. The molecule has 1 spiro atoms. The molecular formula is C24H43FN2. The normalized spacial score (nSPS) is 30.8. The number of piperidine rings is 2. The number of hydrogen-bond acceptors (Lipinski definition) is 2. The van der Waals surface area contributed by atoms with Crippen molar-refractivity contribution in [1.29, 1.82) is 0 Å². The molecule has 0 aromatic carbocycles. The molecule has 0 bridgehead atoms. The Bertz CT molecular complexity index is 500. The number of alkyl halides is 1. The first-order valence-electron chi connectivity index (χ1n) is 11.9. The fourth-order valence-corrected chi connectivity index (χ4v) is 6.90. The number of likely N-dealkylation sites (tertiary alicyclic amines) is 2. The van der Waals surface area contributed by atoms with Crippen molar-refractivity contribution >= 4 is 0 Å². The summed E-state index contributed by atoms with van der Waals surface area (Å²) < 4.78 is 15.6. The van der Waals surface area contributed by atoms with Gasteiger partial charge in [-0.2, -0.15) is 0 Å². The summed E-state index contributed by atoms with van der Waals surface area (Å²) in [5.41, 5.74) is 0.169. The Morgan fingerprint density at radius 2 is 1.48 bits per heavy atom. The van der Waals surface area contributed by atoms with Crippen LogP contribution in [0.5, 0.6) is 0 Å². The van der Waals surface area contributed by atoms with Gasteiger partial charge in [0.1, 0.15) is 5.67 Å². The molecule has 0 N–H and O–H groups in total. The lowest BCUT2D eigenvalue weighted by atomic mass is 9.51. The van der Waals surface area contributed by atoms with Crippen molar-refractivity contribution < 1.29 is 4.39 Å². The summed E-state index contributed by atoms with van der Waals surface area (Å²) in [6.07, 6.45) is 10.7. The summed E-state index contributed by atoms with van der Waals surface area (Å²) in [5, 5.41) is 0. The Hall–Kier alpha value is -0.150. The number of halogens is 1. The molecule has 4 rings (SSSR count). The van der Waals surface area contributed by atoms with Gasteiger partial charge in [-0.3, -0.25) is 0 Å². The number of rotatable bonds is 6. The monoisotopic (exact) mass is 378 g/mol. The molecule has 2 nitrogen and oxygen atoms in total. The lowest BCUT2D eigenvalue weighted by molar-refractivity contribution is -0.142. The molecule has 4 fully saturated rings. The van der Waals surface area contributed by atoms with E-state index >= 15 is 4.39 Å². The van der Waals surface area contributed by atoms with E-state index in [1.165, 1.54) is 51.7 Å². The smallest absolute Gasteiger partial charge is 0.115 e. The molecular weight excluding hydrogens is 335 g/mol. The predicted molar refractivity (Wildman–Crippen MR) is 112 cm³/mol. The molecule has 4 aliphatic rings. The van der Waals surface area contributed by atoms with Gasteiger partial charge >= 0.3 is 0 Å². The zero-order valence-electron chi connectivity index (χ0n) is 18.4. The highest BCUT2D eigenvalue weighted by Crippen LogP contribution is 2.61. The van der Waals surface area contributed by atoms with Crippen LogP contribution in [0.25, 0.3) is 0 Å². The second-order valence-corrected chi connectivity index (χ2v) is 11.7. The summed E-state index contributed by atoms with van der Waals surface area (Å²) in [4.78, 5) is 5.25. The molecule has 3 heteroatoms. The van der Waals surface area contributed by atoms with Gasteiger partial charge in [0.15, 0.2) is 0 Å². The van der Waals surface area contributed by atoms with Crippen LogP contribution in [-0.4, -0.2) is 54.2 Å². The minimum absolute atomic E-state index is 0.330. The Labute approximate surface area is 167 Å². The fourth-order valence-electron chi connectivity index (χ4n) is 6.90. The van der Waals surface area contributed by atoms with Gasteiger partial charge in [-0.05, 0) is 120 Å². The molecule has 2 saturated carbocycles. The molecule has 2 heterocycles. The van der Waals surface area contributed by atoms with E-state index in [0.717, 1.165) is 44.7 Å². The third kappa shape index (κ3) is 4.25. The first kappa shape index (κ1) is 20.1. The minimum Gasteiger partial charge on any atom is -0.303 e. The molecule has 0 unspecified atom stereocenters. The van der Waals surface area contributed by atoms with Gasteiger partial charge in [-0.15, -0.1) is 0 Å². The van der Waals surface area contributed by atoms with E-state index in [4.69, 9.17) is 0 Å². The van der Waals surface area contributed by atoms with E-state index < -0.39 is 5.67 Å². The summed E-state index contributed by atoms with van der Waals surface area (Å²) in [6.45, 7) is 15.2.